The zero-order valence-electron chi connectivity index (χ0n) is 10.4. The Labute approximate surface area is 103 Å². The number of hydrogen-bond acceptors (Lipinski definition) is 1. The molecule has 0 aliphatic rings. The van der Waals surface area contributed by atoms with E-state index in [-0.39, 0.29) is 0 Å². The van der Waals surface area contributed by atoms with Gasteiger partial charge in [0.2, 0.25) is 0 Å². The molecule has 0 atom stereocenters. The number of aryl methyl sites for hydroxylation is 2. The highest BCUT2D eigenvalue weighted by Gasteiger charge is 2.10. The molecule has 0 radical (unpaired) electrons. The fourth-order valence-electron chi connectivity index (χ4n) is 2.28. The highest BCUT2D eigenvalue weighted by molar-refractivity contribution is 5.72. The van der Waals surface area contributed by atoms with Crippen molar-refractivity contribution in [2.45, 2.75) is 26.7 Å². The van der Waals surface area contributed by atoms with Crippen molar-refractivity contribution >= 4 is 0 Å². The van der Waals surface area contributed by atoms with E-state index in [4.69, 9.17) is 0 Å². The summed E-state index contributed by atoms with van der Waals surface area (Å²) in [5.41, 5.74) is 4.95. The molecule has 88 valence electrons. The molecule has 0 spiro atoms. The van der Waals surface area contributed by atoms with Gasteiger partial charge in [0.15, 0.2) is 0 Å². The number of benzene rings is 2. The van der Waals surface area contributed by atoms with E-state index in [1.54, 1.807) is 0 Å². The number of phenols is 1. The van der Waals surface area contributed by atoms with E-state index in [2.05, 4.69) is 38.1 Å². The molecule has 1 heteroatoms. The van der Waals surface area contributed by atoms with Crippen LogP contribution >= 0.6 is 0 Å². The third-order valence-corrected chi connectivity index (χ3v) is 3.11. The molecule has 0 fully saturated rings. The molecule has 0 aliphatic heterocycles. The lowest BCUT2D eigenvalue weighted by Crippen LogP contribution is -1.94. The fourth-order valence-corrected chi connectivity index (χ4v) is 2.28. The summed E-state index contributed by atoms with van der Waals surface area (Å²) in [5.74, 6) is 0.374. The minimum atomic E-state index is 0.374. The van der Waals surface area contributed by atoms with Crippen LogP contribution in [0, 0.1) is 0 Å². The maximum atomic E-state index is 9.73. The van der Waals surface area contributed by atoms with Crippen LogP contribution in [-0.4, -0.2) is 5.11 Å². The van der Waals surface area contributed by atoms with Crippen LogP contribution in [0.1, 0.15) is 25.0 Å². The van der Waals surface area contributed by atoms with Crippen LogP contribution in [-0.2, 0) is 12.8 Å². The quantitative estimate of drug-likeness (QED) is 0.832. The first kappa shape index (κ1) is 11.7. The van der Waals surface area contributed by atoms with E-state index < -0.39 is 0 Å². The largest absolute Gasteiger partial charge is 0.508 e. The Morgan fingerprint density at radius 2 is 1.41 bits per heavy atom. The molecule has 17 heavy (non-hydrogen) atoms. The van der Waals surface area contributed by atoms with Crippen LogP contribution in [0.25, 0.3) is 11.1 Å². The lowest BCUT2D eigenvalue weighted by Gasteiger charge is -2.14. The molecule has 0 aromatic heterocycles. The van der Waals surface area contributed by atoms with Crippen molar-refractivity contribution in [2.75, 3.05) is 0 Å². The molecule has 1 nitrogen and oxygen atoms in total. The van der Waals surface area contributed by atoms with Gasteiger partial charge in [-0.2, -0.15) is 0 Å². The highest BCUT2D eigenvalue weighted by Crippen LogP contribution is 2.32. The van der Waals surface area contributed by atoms with Crippen LogP contribution in [0.5, 0.6) is 5.75 Å². The number of rotatable bonds is 3. The van der Waals surface area contributed by atoms with Crippen molar-refractivity contribution in [3.05, 3.63) is 53.6 Å². The Bertz CT molecular complexity index is 475. The molecule has 0 unspecified atom stereocenters. The molecule has 0 aliphatic carbocycles. The summed E-state index contributed by atoms with van der Waals surface area (Å²) in [4.78, 5) is 0. The van der Waals surface area contributed by atoms with Gasteiger partial charge in [0.05, 0.1) is 0 Å². The van der Waals surface area contributed by atoms with Gasteiger partial charge >= 0.3 is 0 Å². The van der Waals surface area contributed by atoms with Crippen molar-refractivity contribution < 1.29 is 5.11 Å². The smallest absolute Gasteiger partial charge is 0.116 e. The van der Waals surface area contributed by atoms with Gasteiger partial charge in [0.25, 0.3) is 0 Å². The Balaban J connectivity index is 2.66. The standard InChI is InChI=1S/C16H18O/c1-3-12-10-15(17)11-13(4-2)16(12)14-8-6-5-7-9-14/h5-11,17H,3-4H2,1-2H3. The summed E-state index contributed by atoms with van der Waals surface area (Å²) >= 11 is 0. The second-order valence-electron chi connectivity index (χ2n) is 4.21. The van der Waals surface area contributed by atoms with Crippen LogP contribution in [0.4, 0.5) is 0 Å². The summed E-state index contributed by atoms with van der Waals surface area (Å²) in [7, 11) is 0. The lowest BCUT2D eigenvalue weighted by molar-refractivity contribution is 0.474. The molecular formula is C16H18O. The molecule has 0 saturated heterocycles. The number of aromatic hydroxyl groups is 1. The topological polar surface area (TPSA) is 20.2 Å². The van der Waals surface area contributed by atoms with E-state index in [9.17, 15) is 5.11 Å². The maximum absolute atomic E-state index is 9.73. The van der Waals surface area contributed by atoms with Gasteiger partial charge in [-0.05, 0) is 47.2 Å². The number of hydrogen-bond donors (Lipinski definition) is 1. The average Bonchev–Trinajstić information content (AvgIpc) is 2.38. The van der Waals surface area contributed by atoms with Gasteiger partial charge < -0.3 is 5.11 Å². The van der Waals surface area contributed by atoms with Gasteiger partial charge in [0, 0.05) is 0 Å². The van der Waals surface area contributed by atoms with E-state index in [1.165, 1.54) is 22.3 Å². The van der Waals surface area contributed by atoms with Crippen molar-refractivity contribution in [1.29, 1.82) is 0 Å². The molecule has 0 heterocycles. The minimum Gasteiger partial charge on any atom is -0.508 e. The monoisotopic (exact) mass is 226 g/mol. The first-order valence-corrected chi connectivity index (χ1v) is 6.16. The van der Waals surface area contributed by atoms with E-state index in [0.717, 1.165) is 12.8 Å². The van der Waals surface area contributed by atoms with E-state index >= 15 is 0 Å². The zero-order chi connectivity index (χ0) is 12.3. The van der Waals surface area contributed by atoms with Crippen molar-refractivity contribution in [3.63, 3.8) is 0 Å². The molecule has 2 aromatic carbocycles. The molecule has 2 rings (SSSR count). The SMILES string of the molecule is CCc1cc(O)cc(CC)c1-c1ccccc1. The third kappa shape index (κ3) is 2.33. The summed E-state index contributed by atoms with van der Waals surface area (Å²) in [6, 6.07) is 14.2. The molecule has 0 saturated carbocycles. The summed E-state index contributed by atoms with van der Waals surface area (Å²) < 4.78 is 0. The molecule has 2 aromatic rings. The van der Waals surface area contributed by atoms with Gasteiger partial charge in [0.1, 0.15) is 5.75 Å². The predicted molar refractivity (Wildman–Crippen MR) is 72.3 cm³/mol. The predicted octanol–water partition coefficient (Wildman–Crippen LogP) is 4.18. The maximum Gasteiger partial charge on any atom is 0.116 e. The second kappa shape index (κ2) is 5.05. The molecule has 0 bridgehead atoms. The number of phenolic OH excluding ortho intramolecular Hbond substituents is 1. The molecular weight excluding hydrogens is 208 g/mol. The van der Waals surface area contributed by atoms with E-state index in [0.29, 0.717) is 5.75 Å². The zero-order valence-corrected chi connectivity index (χ0v) is 10.4. The van der Waals surface area contributed by atoms with Crippen LogP contribution in [0.2, 0.25) is 0 Å². The first-order valence-electron chi connectivity index (χ1n) is 6.16. The van der Waals surface area contributed by atoms with Crippen molar-refractivity contribution in [3.8, 4) is 16.9 Å². The third-order valence-electron chi connectivity index (χ3n) is 3.11. The molecule has 1 N–H and O–H groups in total. The molecule has 0 amide bonds. The van der Waals surface area contributed by atoms with Crippen molar-refractivity contribution in [1.82, 2.24) is 0 Å². The van der Waals surface area contributed by atoms with Gasteiger partial charge in [-0.25, -0.2) is 0 Å². The lowest BCUT2D eigenvalue weighted by atomic mass is 9.91. The van der Waals surface area contributed by atoms with Crippen LogP contribution in [0.3, 0.4) is 0 Å². The second-order valence-corrected chi connectivity index (χ2v) is 4.21. The van der Waals surface area contributed by atoms with Gasteiger partial charge in [-0.15, -0.1) is 0 Å². The summed E-state index contributed by atoms with van der Waals surface area (Å²) in [5, 5.41) is 9.73. The normalized spacial score (nSPS) is 10.5. The van der Waals surface area contributed by atoms with Crippen LogP contribution in [0.15, 0.2) is 42.5 Å². The van der Waals surface area contributed by atoms with Gasteiger partial charge in [-0.1, -0.05) is 44.2 Å². The summed E-state index contributed by atoms with van der Waals surface area (Å²) in [6.45, 7) is 4.25. The fraction of sp³-hybridized carbons (Fsp3) is 0.250. The highest BCUT2D eigenvalue weighted by atomic mass is 16.3. The summed E-state index contributed by atoms with van der Waals surface area (Å²) in [6.07, 6.45) is 1.87. The minimum absolute atomic E-state index is 0.374. The average molecular weight is 226 g/mol. The first-order chi connectivity index (χ1) is 8.26. The Kier molecular flexibility index (Phi) is 3.48. The van der Waals surface area contributed by atoms with Gasteiger partial charge in [-0.3, -0.25) is 0 Å². The Morgan fingerprint density at radius 1 is 0.882 bits per heavy atom. The Morgan fingerprint density at radius 3 is 1.88 bits per heavy atom. The van der Waals surface area contributed by atoms with Crippen molar-refractivity contribution in [2.24, 2.45) is 0 Å². The van der Waals surface area contributed by atoms with Crippen LogP contribution < -0.4 is 0 Å². The van der Waals surface area contributed by atoms with E-state index in [1.807, 2.05) is 18.2 Å². The Hall–Kier alpha value is -1.76.